The van der Waals surface area contributed by atoms with E-state index in [1.807, 2.05) is 12.1 Å². The highest BCUT2D eigenvalue weighted by Gasteiger charge is 2.19. The summed E-state index contributed by atoms with van der Waals surface area (Å²) in [5.74, 6) is 5.81. The van der Waals surface area contributed by atoms with Gasteiger partial charge in [0, 0.05) is 55.6 Å². The largest absolute Gasteiger partial charge is 0.354 e. The van der Waals surface area contributed by atoms with Crippen LogP contribution in [0.2, 0.25) is 0 Å². The van der Waals surface area contributed by atoms with Crippen LogP contribution in [0, 0.1) is 11.8 Å². The van der Waals surface area contributed by atoms with Gasteiger partial charge in [-0.05, 0) is 36.4 Å². The van der Waals surface area contributed by atoms with Gasteiger partial charge in [0.2, 0.25) is 0 Å². The van der Waals surface area contributed by atoms with Gasteiger partial charge in [-0.15, -0.1) is 0 Å². The van der Waals surface area contributed by atoms with Gasteiger partial charge in [0.1, 0.15) is 11.9 Å². The second-order valence-electron chi connectivity index (χ2n) is 6.71. The van der Waals surface area contributed by atoms with Gasteiger partial charge < -0.3 is 21.3 Å². The number of anilines is 1. The molecule has 1 aliphatic rings. The number of carbonyl (C=O) groups excluding carboxylic acids is 2. The van der Waals surface area contributed by atoms with E-state index in [9.17, 15) is 9.59 Å². The zero-order chi connectivity index (χ0) is 21.3. The van der Waals surface area contributed by atoms with E-state index in [-0.39, 0.29) is 14.0 Å². The lowest BCUT2D eigenvalue weighted by molar-refractivity contribution is -0.130. The van der Waals surface area contributed by atoms with E-state index in [2.05, 4.69) is 32.4 Å². The Hall–Kier alpha value is -3.45. The Morgan fingerprint density at radius 2 is 1.77 bits per heavy atom. The predicted octanol–water partition coefficient (Wildman–Crippen LogP) is 0.0896. The van der Waals surface area contributed by atoms with Crippen LogP contribution in [0.5, 0.6) is 0 Å². The molecule has 0 unspecified atom stereocenters. The second-order valence-corrected chi connectivity index (χ2v) is 6.71. The molecule has 6 N–H and O–H groups in total. The molecule has 1 aromatic heterocycles. The number of nitrogens with one attached hydrogen (secondary N) is 3. The van der Waals surface area contributed by atoms with E-state index in [4.69, 9.17) is 10.9 Å². The van der Waals surface area contributed by atoms with Crippen LogP contribution in [-0.2, 0) is 4.79 Å². The summed E-state index contributed by atoms with van der Waals surface area (Å²) >= 11 is 0. The number of nitrogens with two attached hydrogens (primary N) is 1. The van der Waals surface area contributed by atoms with Gasteiger partial charge in [-0.25, -0.2) is 10.5 Å². The van der Waals surface area contributed by atoms with Crippen molar-refractivity contribution in [1.82, 2.24) is 21.1 Å². The Bertz CT molecular complexity index is 928. The maximum absolute atomic E-state index is 12.2. The average molecular weight is 425 g/mol. The van der Waals surface area contributed by atoms with Gasteiger partial charge in [-0.1, -0.05) is 19.3 Å². The van der Waals surface area contributed by atoms with Crippen molar-refractivity contribution < 1.29 is 14.8 Å². The van der Waals surface area contributed by atoms with E-state index >= 15 is 0 Å². The van der Waals surface area contributed by atoms with Gasteiger partial charge in [-0.2, -0.15) is 0 Å². The molecule has 1 aromatic carbocycles. The summed E-state index contributed by atoms with van der Waals surface area (Å²) in [7, 11) is 0. The summed E-state index contributed by atoms with van der Waals surface area (Å²) in [4.78, 5) is 30.3. The SMILES string of the molecule is C.NC[C@H](NC(=O)c1ccc(C#Cc2ccc(N3CCNCC3)nc2)cc1)C(=O)NO. The number of carbonyl (C=O) groups is 2. The van der Waals surface area contributed by atoms with Gasteiger partial charge in [-0.3, -0.25) is 14.8 Å². The molecule has 1 atom stereocenters. The lowest BCUT2D eigenvalue weighted by Gasteiger charge is -2.28. The van der Waals surface area contributed by atoms with E-state index in [1.54, 1.807) is 30.5 Å². The van der Waals surface area contributed by atoms with Crippen molar-refractivity contribution in [2.24, 2.45) is 5.73 Å². The molecule has 2 aromatic rings. The number of pyridine rings is 1. The third-order valence-corrected chi connectivity index (χ3v) is 4.65. The van der Waals surface area contributed by atoms with Gasteiger partial charge >= 0.3 is 0 Å². The van der Waals surface area contributed by atoms with Gasteiger partial charge in [0.05, 0.1) is 0 Å². The van der Waals surface area contributed by atoms with Crippen molar-refractivity contribution in [2.45, 2.75) is 13.5 Å². The molecule has 0 saturated carbocycles. The minimum absolute atomic E-state index is 0. The van der Waals surface area contributed by atoms with Crippen LogP contribution in [0.25, 0.3) is 0 Å². The third kappa shape index (κ3) is 6.52. The van der Waals surface area contributed by atoms with Crippen molar-refractivity contribution in [3.8, 4) is 11.8 Å². The molecule has 164 valence electrons. The first kappa shape index (κ1) is 23.8. The molecule has 9 nitrogen and oxygen atoms in total. The van der Waals surface area contributed by atoms with Crippen molar-refractivity contribution in [1.29, 1.82) is 0 Å². The quantitative estimate of drug-likeness (QED) is 0.261. The Balaban J connectivity index is 0.00000341. The van der Waals surface area contributed by atoms with Crippen LogP contribution in [0.3, 0.4) is 0 Å². The van der Waals surface area contributed by atoms with Gasteiger partial charge in [0.25, 0.3) is 11.8 Å². The Labute approximate surface area is 182 Å². The number of hydrogen-bond donors (Lipinski definition) is 5. The van der Waals surface area contributed by atoms with Crippen LogP contribution in [0.4, 0.5) is 5.82 Å². The minimum atomic E-state index is -1.02. The predicted molar refractivity (Wildman–Crippen MR) is 119 cm³/mol. The molecule has 0 spiro atoms. The first-order valence-corrected chi connectivity index (χ1v) is 9.59. The molecular weight excluding hydrogens is 396 g/mol. The summed E-state index contributed by atoms with van der Waals surface area (Å²) in [5, 5.41) is 14.4. The number of piperazine rings is 1. The minimum Gasteiger partial charge on any atom is -0.354 e. The summed E-state index contributed by atoms with van der Waals surface area (Å²) in [6, 6.07) is 9.54. The van der Waals surface area contributed by atoms with Crippen LogP contribution in [0.15, 0.2) is 42.6 Å². The van der Waals surface area contributed by atoms with E-state index < -0.39 is 17.9 Å². The Morgan fingerprint density at radius 3 is 2.35 bits per heavy atom. The van der Waals surface area contributed by atoms with Crippen molar-refractivity contribution >= 4 is 17.6 Å². The molecule has 9 heteroatoms. The molecule has 2 amide bonds. The number of amides is 2. The Morgan fingerprint density at radius 1 is 1.13 bits per heavy atom. The topological polar surface area (TPSA) is 133 Å². The summed E-state index contributed by atoms with van der Waals surface area (Å²) in [6.45, 7) is 3.66. The number of hydroxylamine groups is 1. The van der Waals surface area contributed by atoms with E-state index in [1.165, 1.54) is 5.48 Å². The first-order valence-electron chi connectivity index (χ1n) is 9.59. The third-order valence-electron chi connectivity index (χ3n) is 4.65. The van der Waals surface area contributed by atoms with Crippen LogP contribution >= 0.6 is 0 Å². The molecule has 3 rings (SSSR count). The zero-order valence-corrected chi connectivity index (χ0v) is 16.4. The molecule has 1 aliphatic heterocycles. The first-order chi connectivity index (χ1) is 14.6. The fourth-order valence-electron chi connectivity index (χ4n) is 2.94. The molecule has 2 heterocycles. The standard InChI is InChI=1S/C21H24N6O3.CH4/c22-13-18(21(29)26-30)25-20(28)17-6-3-15(4-7-17)1-2-16-5-8-19(24-14-16)27-11-9-23-10-12-27;/h3-8,14,18,23,30H,9-13,22H2,(H,25,28)(H,26,29);1H4/t18-;/m0./s1. The summed E-state index contributed by atoms with van der Waals surface area (Å²) in [5.41, 5.74) is 8.80. The molecule has 0 radical (unpaired) electrons. The number of nitrogens with zero attached hydrogens (tertiary/aromatic N) is 2. The Kier molecular flexibility index (Phi) is 8.96. The van der Waals surface area contributed by atoms with Crippen LogP contribution in [-0.4, -0.2) is 60.8 Å². The van der Waals surface area contributed by atoms with Gasteiger partial charge in [0.15, 0.2) is 0 Å². The second kappa shape index (κ2) is 11.7. The molecule has 1 saturated heterocycles. The summed E-state index contributed by atoms with van der Waals surface area (Å²) in [6.07, 6.45) is 1.76. The lowest BCUT2D eigenvalue weighted by atomic mass is 10.1. The normalized spacial score (nSPS) is 13.8. The van der Waals surface area contributed by atoms with Crippen molar-refractivity contribution in [3.63, 3.8) is 0 Å². The number of hydrogen-bond acceptors (Lipinski definition) is 7. The molecular formula is C22H28N6O3. The molecule has 0 bridgehead atoms. The van der Waals surface area contributed by atoms with E-state index in [0.717, 1.165) is 43.1 Å². The highest BCUT2D eigenvalue weighted by molar-refractivity contribution is 5.97. The maximum Gasteiger partial charge on any atom is 0.267 e. The molecule has 0 aliphatic carbocycles. The maximum atomic E-state index is 12.2. The number of benzene rings is 1. The summed E-state index contributed by atoms with van der Waals surface area (Å²) < 4.78 is 0. The fourth-order valence-corrected chi connectivity index (χ4v) is 2.94. The number of aromatic nitrogens is 1. The lowest BCUT2D eigenvalue weighted by Crippen LogP contribution is -2.50. The average Bonchev–Trinajstić information content (AvgIpc) is 2.81. The molecule has 31 heavy (non-hydrogen) atoms. The highest BCUT2D eigenvalue weighted by Crippen LogP contribution is 2.11. The number of rotatable bonds is 5. The molecule has 1 fully saturated rings. The van der Waals surface area contributed by atoms with E-state index in [0.29, 0.717) is 5.56 Å². The van der Waals surface area contributed by atoms with Crippen molar-refractivity contribution in [3.05, 3.63) is 59.3 Å². The smallest absolute Gasteiger partial charge is 0.267 e. The van der Waals surface area contributed by atoms with Crippen LogP contribution < -0.4 is 26.7 Å². The highest BCUT2D eigenvalue weighted by atomic mass is 16.5. The monoisotopic (exact) mass is 424 g/mol. The van der Waals surface area contributed by atoms with Crippen molar-refractivity contribution in [2.75, 3.05) is 37.6 Å². The zero-order valence-electron chi connectivity index (χ0n) is 16.4. The van der Waals surface area contributed by atoms with Crippen LogP contribution in [0.1, 0.15) is 28.9 Å². The fraction of sp³-hybridized carbons (Fsp3) is 0.318.